The molecule has 0 N–H and O–H groups in total. The Morgan fingerprint density at radius 3 is 0.500 bits per heavy atom. The van der Waals surface area contributed by atoms with Gasteiger partial charge < -0.3 is 45.0 Å². The molecule has 0 amide bonds. The molecule has 0 aromatic rings. The Balaban J connectivity index is -0.0000000270. The number of hydrogen-bond acceptors (Lipinski definition) is 9. The molecule has 0 unspecified atom stereocenters. The monoisotopic (exact) mass is 296 g/mol. The summed E-state index contributed by atoms with van der Waals surface area (Å²) in [6, 6.07) is 0. The van der Waals surface area contributed by atoms with Crippen LogP contribution in [-0.4, -0.2) is 18.5 Å². The van der Waals surface area contributed by atoms with Crippen molar-refractivity contribution in [2.75, 3.05) is 0 Å². The van der Waals surface area contributed by atoms with Gasteiger partial charge >= 0.3 is 33.0 Å². The first-order chi connectivity index (χ1) is 5.20. The minimum Gasteiger partial charge on any atom is -0.652 e. The summed E-state index contributed by atoms with van der Waals surface area (Å²) in [5.41, 5.74) is 0. The molecule has 0 aromatic carbocycles. The van der Waals surface area contributed by atoms with Crippen molar-refractivity contribution in [1.29, 1.82) is 0 Å². The minimum absolute atomic E-state index is 0. The van der Waals surface area contributed by atoms with Gasteiger partial charge in [0, 0.05) is 0 Å². The number of carbonyl (C=O) groups is 3. The quantitative estimate of drug-likeness (QED) is 0.391. The predicted molar refractivity (Wildman–Crippen MR) is 16.2 cm³/mol. The molecule has 0 aliphatic heterocycles. The largest absolute Gasteiger partial charge is 3.00 e. The second-order valence-electron chi connectivity index (χ2n) is 0.750. The van der Waals surface area contributed by atoms with Crippen molar-refractivity contribution in [3.63, 3.8) is 0 Å². The topological polar surface area (TPSA) is 190 Å². The van der Waals surface area contributed by atoms with Gasteiger partial charge in [-0.05, 0) is 18.5 Å². The van der Waals surface area contributed by atoms with Crippen molar-refractivity contribution in [2.45, 2.75) is 0 Å². The number of hydrogen-bond donors (Lipinski definition) is 0. The van der Waals surface area contributed by atoms with Crippen LogP contribution >= 0.6 is 0 Å². The summed E-state index contributed by atoms with van der Waals surface area (Å²) >= 11 is 0. The smallest absolute Gasteiger partial charge is 0.652 e. The van der Waals surface area contributed by atoms with E-state index in [2.05, 4.69) is 0 Å². The molecule has 0 heterocycles. The SMILES string of the molecule is O=C([O-])[O-].O=C([O-])[O-].O=C([O-])[O-].[Ni+3].[Ni+3]. The molecular weight excluding hydrogens is 297 g/mol. The molecule has 0 aliphatic carbocycles. The Morgan fingerprint density at radius 2 is 0.500 bits per heavy atom. The van der Waals surface area contributed by atoms with Crippen LogP contribution in [0.4, 0.5) is 14.4 Å². The Kier molecular flexibility index (Phi) is 47.3. The summed E-state index contributed by atoms with van der Waals surface area (Å²) in [7, 11) is 0. The number of rotatable bonds is 0. The van der Waals surface area contributed by atoms with Gasteiger partial charge in [-0.1, -0.05) is 0 Å². The molecule has 9 nitrogen and oxygen atoms in total. The minimum atomic E-state index is -2.33. The van der Waals surface area contributed by atoms with E-state index in [1.165, 1.54) is 0 Å². The average molecular weight is 297 g/mol. The van der Waals surface area contributed by atoms with Crippen LogP contribution < -0.4 is 30.6 Å². The van der Waals surface area contributed by atoms with Gasteiger partial charge in [0.05, 0.1) is 0 Å². The van der Waals surface area contributed by atoms with Gasteiger partial charge in [-0.3, -0.25) is 0 Å². The third kappa shape index (κ3) is 716. The summed E-state index contributed by atoms with van der Waals surface area (Å²) in [6.07, 6.45) is -7.00. The van der Waals surface area contributed by atoms with Crippen LogP contribution in [0.5, 0.6) is 0 Å². The maximum Gasteiger partial charge on any atom is 3.00 e. The Labute approximate surface area is 96.8 Å². The van der Waals surface area contributed by atoms with Gasteiger partial charge in [0.1, 0.15) is 0 Å². The Morgan fingerprint density at radius 1 is 0.500 bits per heavy atom. The van der Waals surface area contributed by atoms with Gasteiger partial charge in [0.2, 0.25) is 0 Å². The standard InChI is InChI=1S/3CH2O3.2Ni/c3*2-1(3)4;;/h3*(H2,2,3,4);;/q;;;2*+3/p-6. The summed E-state index contributed by atoms with van der Waals surface area (Å²) in [6.45, 7) is 0. The van der Waals surface area contributed by atoms with Crippen LogP contribution in [0.25, 0.3) is 0 Å². The van der Waals surface area contributed by atoms with E-state index in [9.17, 15) is 0 Å². The number of carbonyl (C=O) groups excluding carboxylic acids is 3. The third-order valence-corrected chi connectivity index (χ3v) is 0. The molecule has 0 atom stereocenters. The molecule has 0 saturated carbocycles. The molecule has 0 rings (SSSR count). The number of carboxylic acid groups (broad SMARTS) is 6. The zero-order valence-electron chi connectivity index (χ0n) is 5.81. The van der Waals surface area contributed by atoms with Crippen molar-refractivity contribution >= 4 is 18.5 Å². The fourth-order valence-electron chi connectivity index (χ4n) is 0. The van der Waals surface area contributed by atoms with Crippen molar-refractivity contribution in [2.24, 2.45) is 0 Å². The van der Waals surface area contributed by atoms with Crippen molar-refractivity contribution in [3.05, 3.63) is 0 Å². The molecule has 0 bridgehead atoms. The molecule has 0 aromatic heterocycles. The van der Waals surface area contributed by atoms with Gasteiger partial charge in [0.25, 0.3) is 0 Å². The molecule has 14 heavy (non-hydrogen) atoms. The van der Waals surface area contributed by atoms with Crippen molar-refractivity contribution in [1.82, 2.24) is 0 Å². The second kappa shape index (κ2) is 22.6. The molecule has 0 spiro atoms. The van der Waals surface area contributed by atoms with Gasteiger partial charge in [-0.15, -0.1) is 0 Å². The van der Waals surface area contributed by atoms with Crippen LogP contribution in [0.2, 0.25) is 0 Å². The zero-order valence-corrected chi connectivity index (χ0v) is 7.78. The zero-order chi connectivity index (χ0) is 10.7. The first-order valence-electron chi connectivity index (χ1n) is 1.84. The molecule has 86 valence electrons. The maximum absolute atomic E-state index is 8.33. The Hall–Kier alpha value is -1.20. The van der Waals surface area contributed by atoms with E-state index in [1.54, 1.807) is 0 Å². The first kappa shape index (κ1) is 29.3. The van der Waals surface area contributed by atoms with E-state index in [4.69, 9.17) is 45.0 Å². The first-order valence-corrected chi connectivity index (χ1v) is 1.84. The van der Waals surface area contributed by atoms with Crippen LogP contribution in [0.1, 0.15) is 0 Å². The van der Waals surface area contributed by atoms with Crippen molar-refractivity contribution < 1.29 is 78.0 Å². The van der Waals surface area contributed by atoms with E-state index in [0.29, 0.717) is 0 Å². The van der Waals surface area contributed by atoms with Crippen LogP contribution in [-0.2, 0) is 33.0 Å². The van der Waals surface area contributed by atoms with E-state index in [1.807, 2.05) is 0 Å². The predicted octanol–water partition coefficient (Wildman–Crippen LogP) is -7.35. The van der Waals surface area contributed by atoms with Gasteiger partial charge in [-0.2, -0.15) is 0 Å². The van der Waals surface area contributed by atoms with E-state index < -0.39 is 18.5 Å². The van der Waals surface area contributed by atoms with Gasteiger partial charge in [0.15, 0.2) is 0 Å². The summed E-state index contributed by atoms with van der Waals surface area (Å²) in [4.78, 5) is 25.0. The van der Waals surface area contributed by atoms with E-state index >= 15 is 0 Å². The normalized spacial score (nSPS) is 5.14. The molecule has 0 aliphatic rings. The fraction of sp³-hybridized carbons (Fsp3) is 0. The van der Waals surface area contributed by atoms with E-state index in [-0.39, 0.29) is 33.0 Å². The second-order valence-corrected chi connectivity index (χ2v) is 0.750. The molecule has 2 radical (unpaired) electrons. The fourth-order valence-corrected chi connectivity index (χ4v) is 0. The molecule has 0 fully saturated rings. The van der Waals surface area contributed by atoms with Crippen LogP contribution in [0, 0.1) is 0 Å². The van der Waals surface area contributed by atoms with Crippen LogP contribution in [0.3, 0.4) is 0 Å². The molecular formula is C3Ni2O9. The Bertz CT molecular complexity index is 116. The molecule has 11 heteroatoms. The molecule has 0 saturated heterocycles. The third-order valence-electron chi connectivity index (χ3n) is 0. The summed E-state index contributed by atoms with van der Waals surface area (Å²) in [5.74, 6) is 0. The maximum atomic E-state index is 8.33. The van der Waals surface area contributed by atoms with Gasteiger partial charge in [-0.25, -0.2) is 0 Å². The summed E-state index contributed by atoms with van der Waals surface area (Å²) in [5, 5.41) is 50.0. The van der Waals surface area contributed by atoms with Crippen molar-refractivity contribution in [3.8, 4) is 0 Å². The average Bonchev–Trinajstić information content (AvgIpc) is 1.54. The van der Waals surface area contributed by atoms with Crippen LogP contribution in [0.15, 0.2) is 0 Å². The van der Waals surface area contributed by atoms with E-state index in [0.717, 1.165) is 0 Å². The summed E-state index contributed by atoms with van der Waals surface area (Å²) < 4.78 is 0.